The first kappa shape index (κ1) is 20.3. The molecule has 0 atom stereocenters. The van der Waals surface area contributed by atoms with Crippen LogP contribution in [0.3, 0.4) is 0 Å². The van der Waals surface area contributed by atoms with E-state index >= 15 is 0 Å². The lowest BCUT2D eigenvalue weighted by Gasteiger charge is -2.22. The van der Waals surface area contributed by atoms with Gasteiger partial charge in [0.25, 0.3) is 0 Å². The lowest BCUT2D eigenvalue weighted by atomic mass is 10.0. The van der Waals surface area contributed by atoms with Gasteiger partial charge in [-0.1, -0.05) is 54.6 Å². The number of likely N-dealkylation sites (N-methyl/N-ethyl adjacent to an activating group) is 1. The standard InChI is InChI=1S/C24H24N2O3S/c1-26-13-12-19-20(15-26)30-23(22(19)24(28)29-2)25-21(27)14-16-8-10-18(11-9-16)17-6-4-3-5-7-17/h3-11H,12-15H2,1-2H3,(H,25,27). The SMILES string of the molecule is COC(=O)c1c(NC(=O)Cc2ccc(-c3ccccc3)cc2)sc2c1CCN(C)C2. The lowest BCUT2D eigenvalue weighted by Crippen LogP contribution is -2.26. The third kappa shape index (κ3) is 4.30. The van der Waals surface area contributed by atoms with Gasteiger partial charge in [0.2, 0.25) is 5.91 Å². The van der Waals surface area contributed by atoms with E-state index in [4.69, 9.17) is 4.74 Å². The molecule has 154 valence electrons. The number of hydrogen-bond acceptors (Lipinski definition) is 5. The van der Waals surface area contributed by atoms with Gasteiger partial charge in [-0.25, -0.2) is 4.79 Å². The highest BCUT2D eigenvalue weighted by Crippen LogP contribution is 2.37. The molecule has 1 amide bonds. The van der Waals surface area contributed by atoms with E-state index in [0.717, 1.165) is 46.6 Å². The van der Waals surface area contributed by atoms with Crippen molar-refractivity contribution in [1.82, 2.24) is 4.90 Å². The van der Waals surface area contributed by atoms with Gasteiger partial charge in [-0.2, -0.15) is 0 Å². The summed E-state index contributed by atoms with van der Waals surface area (Å²) in [4.78, 5) is 28.4. The lowest BCUT2D eigenvalue weighted by molar-refractivity contribution is -0.115. The second kappa shape index (κ2) is 8.81. The summed E-state index contributed by atoms with van der Waals surface area (Å²) in [6.07, 6.45) is 1.03. The maximum Gasteiger partial charge on any atom is 0.341 e. The number of benzene rings is 2. The van der Waals surface area contributed by atoms with E-state index in [1.54, 1.807) is 0 Å². The number of amides is 1. The Labute approximate surface area is 180 Å². The minimum absolute atomic E-state index is 0.139. The van der Waals surface area contributed by atoms with E-state index in [1.165, 1.54) is 18.4 Å². The number of carbonyl (C=O) groups is 2. The van der Waals surface area contributed by atoms with Crippen molar-refractivity contribution in [2.45, 2.75) is 19.4 Å². The molecule has 1 N–H and O–H groups in total. The number of methoxy groups -OCH3 is 1. The Morgan fingerprint density at radius 1 is 1.07 bits per heavy atom. The molecular formula is C24H24N2O3S. The molecule has 3 aromatic rings. The molecule has 6 heteroatoms. The van der Waals surface area contributed by atoms with Crippen LogP contribution < -0.4 is 5.32 Å². The summed E-state index contributed by atoms with van der Waals surface area (Å²) >= 11 is 1.47. The normalized spacial score (nSPS) is 13.5. The van der Waals surface area contributed by atoms with Crippen molar-refractivity contribution in [3.8, 4) is 11.1 Å². The average molecular weight is 421 g/mol. The van der Waals surface area contributed by atoms with Gasteiger partial charge in [-0.3, -0.25) is 4.79 Å². The zero-order chi connectivity index (χ0) is 21.1. The van der Waals surface area contributed by atoms with Gasteiger partial charge in [0.1, 0.15) is 5.00 Å². The van der Waals surface area contributed by atoms with E-state index in [1.807, 2.05) is 42.5 Å². The van der Waals surface area contributed by atoms with Crippen molar-refractivity contribution in [3.63, 3.8) is 0 Å². The largest absolute Gasteiger partial charge is 0.465 e. The summed E-state index contributed by atoms with van der Waals surface area (Å²) in [7, 11) is 3.43. The third-order valence-corrected chi connectivity index (χ3v) is 6.45. The summed E-state index contributed by atoms with van der Waals surface area (Å²) in [6.45, 7) is 1.66. The molecule has 2 aromatic carbocycles. The van der Waals surface area contributed by atoms with Crippen LogP contribution in [-0.2, 0) is 28.9 Å². The van der Waals surface area contributed by atoms with Gasteiger partial charge >= 0.3 is 5.97 Å². The Bertz CT molecular complexity index is 1060. The number of nitrogens with one attached hydrogen (secondary N) is 1. The Hall–Kier alpha value is -2.96. The maximum absolute atomic E-state index is 12.7. The number of ether oxygens (including phenoxy) is 1. The molecule has 0 saturated carbocycles. The van der Waals surface area contributed by atoms with Gasteiger partial charge in [0.15, 0.2) is 0 Å². The van der Waals surface area contributed by atoms with Crippen molar-refractivity contribution >= 4 is 28.2 Å². The van der Waals surface area contributed by atoms with Crippen LogP contribution in [0.2, 0.25) is 0 Å². The minimum Gasteiger partial charge on any atom is -0.465 e. The summed E-state index contributed by atoms with van der Waals surface area (Å²) < 4.78 is 4.99. The molecule has 1 aliphatic heterocycles. The molecule has 1 aliphatic rings. The quantitative estimate of drug-likeness (QED) is 0.623. The molecular weight excluding hydrogens is 396 g/mol. The molecule has 30 heavy (non-hydrogen) atoms. The number of rotatable bonds is 5. The van der Waals surface area contributed by atoms with Crippen LogP contribution in [0.1, 0.15) is 26.4 Å². The van der Waals surface area contributed by atoms with Crippen molar-refractivity contribution in [1.29, 1.82) is 0 Å². The van der Waals surface area contributed by atoms with Crippen LogP contribution in [0.5, 0.6) is 0 Å². The molecule has 0 unspecified atom stereocenters. The second-order valence-corrected chi connectivity index (χ2v) is 8.58. The molecule has 2 heterocycles. The van der Waals surface area contributed by atoms with Crippen LogP contribution in [0.15, 0.2) is 54.6 Å². The van der Waals surface area contributed by atoms with Crippen molar-refractivity contribution in [3.05, 3.63) is 76.2 Å². The van der Waals surface area contributed by atoms with Gasteiger partial charge in [-0.05, 0) is 35.7 Å². The highest BCUT2D eigenvalue weighted by Gasteiger charge is 2.28. The summed E-state index contributed by atoms with van der Waals surface area (Å²) in [5, 5.41) is 3.54. The molecule has 1 aromatic heterocycles. The molecule has 0 bridgehead atoms. The van der Waals surface area contributed by atoms with Crippen LogP contribution in [0.25, 0.3) is 11.1 Å². The fourth-order valence-corrected chi connectivity index (χ4v) is 5.07. The predicted molar refractivity (Wildman–Crippen MR) is 120 cm³/mol. The second-order valence-electron chi connectivity index (χ2n) is 7.48. The highest BCUT2D eigenvalue weighted by atomic mass is 32.1. The Kier molecular flexibility index (Phi) is 5.97. The summed E-state index contributed by atoms with van der Waals surface area (Å²) in [5.41, 5.74) is 4.70. The van der Waals surface area contributed by atoms with Crippen LogP contribution in [0, 0.1) is 0 Å². The monoisotopic (exact) mass is 420 g/mol. The molecule has 0 saturated heterocycles. The number of hydrogen-bond donors (Lipinski definition) is 1. The highest BCUT2D eigenvalue weighted by molar-refractivity contribution is 7.17. The van der Waals surface area contributed by atoms with E-state index < -0.39 is 0 Å². The molecule has 0 radical (unpaired) electrons. The number of carbonyl (C=O) groups excluding carboxylic acids is 2. The number of esters is 1. The Morgan fingerprint density at radius 3 is 2.47 bits per heavy atom. The van der Waals surface area contributed by atoms with Gasteiger partial charge in [-0.15, -0.1) is 11.3 Å². The molecule has 5 nitrogen and oxygen atoms in total. The summed E-state index contributed by atoms with van der Waals surface area (Å²) in [6, 6.07) is 18.1. The van der Waals surface area contributed by atoms with Crippen LogP contribution in [0.4, 0.5) is 5.00 Å². The predicted octanol–water partition coefficient (Wildman–Crippen LogP) is 4.37. The van der Waals surface area contributed by atoms with E-state index in [-0.39, 0.29) is 18.3 Å². The topological polar surface area (TPSA) is 58.6 Å². The van der Waals surface area contributed by atoms with Gasteiger partial charge in [0, 0.05) is 18.0 Å². The van der Waals surface area contributed by atoms with E-state index in [9.17, 15) is 9.59 Å². The molecule has 0 spiro atoms. The first-order valence-electron chi connectivity index (χ1n) is 9.90. The zero-order valence-electron chi connectivity index (χ0n) is 17.1. The number of anilines is 1. The molecule has 4 rings (SSSR count). The average Bonchev–Trinajstić information content (AvgIpc) is 3.10. The Balaban J connectivity index is 1.50. The maximum atomic E-state index is 12.7. The van der Waals surface area contributed by atoms with Crippen LogP contribution >= 0.6 is 11.3 Å². The van der Waals surface area contributed by atoms with Crippen molar-refractivity contribution in [2.75, 3.05) is 26.0 Å². The van der Waals surface area contributed by atoms with E-state index in [0.29, 0.717) is 10.6 Å². The first-order valence-corrected chi connectivity index (χ1v) is 10.7. The third-order valence-electron chi connectivity index (χ3n) is 5.32. The smallest absolute Gasteiger partial charge is 0.341 e. The summed E-state index contributed by atoms with van der Waals surface area (Å²) in [5.74, 6) is -0.529. The molecule has 0 aliphatic carbocycles. The van der Waals surface area contributed by atoms with Crippen molar-refractivity contribution in [2.24, 2.45) is 0 Å². The number of thiophene rings is 1. The Morgan fingerprint density at radius 2 is 1.77 bits per heavy atom. The van der Waals surface area contributed by atoms with Crippen LogP contribution in [-0.4, -0.2) is 37.5 Å². The zero-order valence-corrected chi connectivity index (χ0v) is 17.9. The van der Waals surface area contributed by atoms with E-state index in [2.05, 4.69) is 29.4 Å². The first-order chi connectivity index (χ1) is 14.5. The number of fused-ring (bicyclic) bond motifs is 1. The van der Waals surface area contributed by atoms with Crippen molar-refractivity contribution < 1.29 is 14.3 Å². The fourth-order valence-electron chi connectivity index (χ4n) is 3.74. The van der Waals surface area contributed by atoms with Gasteiger partial charge < -0.3 is 15.0 Å². The van der Waals surface area contributed by atoms with Gasteiger partial charge in [0.05, 0.1) is 19.1 Å². The minimum atomic E-state index is -0.389. The fraction of sp³-hybridized carbons (Fsp3) is 0.250. The number of nitrogens with zero attached hydrogens (tertiary/aromatic N) is 1. The molecule has 0 fully saturated rings.